The molecule has 1 aliphatic heterocycles. The summed E-state index contributed by atoms with van der Waals surface area (Å²) in [5.74, 6) is 1.24. The van der Waals surface area contributed by atoms with E-state index in [2.05, 4.69) is 54.0 Å². The van der Waals surface area contributed by atoms with Gasteiger partial charge in [-0.1, -0.05) is 13.0 Å². The van der Waals surface area contributed by atoms with Gasteiger partial charge in [0.15, 0.2) is 0 Å². The lowest BCUT2D eigenvalue weighted by Gasteiger charge is -2.37. The molecule has 1 saturated carbocycles. The number of nitrogens with one attached hydrogen (secondary N) is 1. The monoisotopic (exact) mass is 291 g/mol. The fraction of sp³-hybridized carbons (Fsp3) is 0.688. The molecule has 0 amide bonds. The van der Waals surface area contributed by atoms with Gasteiger partial charge in [0, 0.05) is 42.7 Å². The summed E-state index contributed by atoms with van der Waals surface area (Å²) in [7, 11) is 0. The van der Waals surface area contributed by atoms with Gasteiger partial charge in [0.1, 0.15) is 0 Å². The van der Waals surface area contributed by atoms with E-state index in [1.165, 1.54) is 36.5 Å². The molecule has 2 atom stereocenters. The zero-order chi connectivity index (χ0) is 13.9. The Balaban J connectivity index is 1.59. The van der Waals surface area contributed by atoms with Crippen molar-refractivity contribution in [3.8, 4) is 0 Å². The molecule has 0 aromatic carbocycles. The lowest BCUT2D eigenvalue weighted by molar-refractivity contribution is 0.202. The SMILES string of the molecule is CC1SCCN(Cc2cccc(CNC3CC3)n2)C1C. The Labute approximate surface area is 126 Å². The van der Waals surface area contributed by atoms with E-state index in [1.54, 1.807) is 0 Å². The van der Waals surface area contributed by atoms with Crippen LogP contribution in [0.2, 0.25) is 0 Å². The maximum atomic E-state index is 4.82. The van der Waals surface area contributed by atoms with Crippen LogP contribution in [-0.2, 0) is 13.1 Å². The largest absolute Gasteiger partial charge is 0.308 e. The average Bonchev–Trinajstić information content (AvgIpc) is 3.26. The van der Waals surface area contributed by atoms with E-state index in [9.17, 15) is 0 Å². The highest BCUT2D eigenvalue weighted by Gasteiger charge is 2.25. The van der Waals surface area contributed by atoms with E-state index >= 15 is 0 Å². The number of hydrogen-bond donors (Lipinski definition) is 1. The summed E-state index contributed by atoms with van der Waals surface area (Å²) in [6.07, 6.45) is 2.67. The van der Waals surface area contributed by atoms with Gasteiger partial charge in [-0.3, -0.25) is 9.88 Å². The van der Waals surface area contributed by atoms with E-state index in [1.807, 2.05) is 0 Å². The molecule has 1 aromatic heterocycles. The van der Waals surface area contributed by atoms with Crippen LogP contribution in [0.5, 0.6) is 0 Å². The standard InChI is InChI=1S/C16H25N3S/c1-12-13(2)20-9-8-19(12)11-16-5-3-4-15(18-16)10-17-14-6-7-14/h3-5,12-14,17H,6-11H2,1-2H3. The van der Waals surface area contributed by atoms with Crippen LogP contribution in [0.4, 0.5) is 0 Å². The van der Waals surface area contributed by atoms with Crippen molar-refractivity contribution >= 4 is 11.8 Å². The summed E-state index contributed by atoms with van der Waals surface area (Å²) in [6, 6.07) is 7.85. The Morgan fingerprint density at radius 3 is 2.90 bits per heavy atom. The third-order valence-corrected chi connectivity index (χ3v) is 5.73. The van der Waals surface area contributed by atoms with Crippen molar-refractivity contribution in [2.45, 2.75) is 57.1 Å². The van der Waals surface area contributed by atoms with Crippen LogP contribution in [0.25, 0.3) is 0 Å². The van der Waals surface area contributed by atoms with Gasteiger partial charge < -0.3 is 5.32 Å². The van der Waals surface area contributed by atoms with E-state index in [4.69, 9.17) is 4.98 Å². The Kier molecular flexibility index (Phi) is 4.64. The minimum absolute atomic E-state index is 0.642. The number of hydrogen-bond acceptors (Lipinski definition) is 4. The van der Waals surface area contributed by atoms with Crippen LogP contribution < -0.4 is 5.32 Å². The van der Waals surface area contributed by atoms with Crippen molar-refractivity contribution in [1.82, 2.24) is 15.2 Å². The second-order valence-electron chi connectivity index (χ2n) is 6.06. The van der Waals surface area contributed by atoms with E-state index < -0.39 is 0 Å². The molecule has 3 rings (SSSR count). The van der Waals surface area contributed by atoms with Crippen molar-refractivity contribution in [2.24, 2.45) is 0 Å². The van der Waals surface area contributed by atoms with E-state index in [-0.39, 0.29) is 0 Å². The van der Waals surface area contributed by atoms with Crippen molar-refractivity contribution in [1.29, 1.82) is 0 Å². The summed E-state index contributed by atoms with van der Waals surface area (Å²) in [4.78, 5) is 7.39. The Hall–Kier alpha value is -0.580. The van der Waals surface area contributed by atoms with Crippen LogP contribution in [0.3, 0.4) is 0 Å². The maximum Gasteiger partial charge on any atom is 0.0547 e. The second kappa shape index (κ2) is 6.46. The van der Waals surface area contributed by atoms with Crippen molar-refractivity contribution in [3.63, 3.8) is 0 Å². The summed E-state index contributed by atoms with van der Waals surface area (Å²) >= 11 is 2.09. The molecule has 4 heteroatoms. The van der Waals surface area contributed by atoms with Crippen LogP contribution >= 0.6 is 11.8 Å². The molecule has 20 heavy (non-hydrogen) atoms. The molecule has 1 aromatic rings. The molecular formula is C16H25N3S. The normalized spacial score (nSPS) is 27.7. The van der Waals surface area contributed by atoms with Crippen LogP contribution in [0.15, 0.2) is 18.2 Å². The maximum absolute atomic E-state index is 4.82. The number of rotatable bonds is 5. The lowest BCUT2D eigenvalue weighted by Crippen LogP contribution is -2.44. The Morgan fingerprint density at radius 1 is 1.30 bits per heavy atom. The fourth-order valence-electron chi connectivity index (χ4n) is 2.68. The zero-order valence-corrected chi connectivity index (χ0v) is 13.3. The van der Waals surface area contributed by atoms with Crippen LogP contribution in [0, 0.1) is 0 Å². The molecule has 2 unspecified atom stereocenters. The van der Waals surface area contributed by atoms with Gasteiger partial charge in [0.05, 0.1) is 11.4 Å². The molecular weight excluding hydrogens is 266 g/mol. The number of aromatic nitrogens is 1. The summed E-state index contributed by atoms with van der Waals surface area (Å²) in [5.41, 5.74) is 2.40. The first-order valence-corrected chi connectivity index (χ1v) is 8.81. The Bertz CT molecular complexity index is 447. The predicted molar refractivity (Wildman–Crippen MR) is 85.9 cm³/mol. The number of thioether (sulfide) groups is 1. The Morgan fingerprint density at radius 2 is 2.10 bits per heavy atom. The molecule has 2 aliphatic rings. The van der Waals surface area contributed by atoms with Crippen molar-refractivity contribution in [3.05, 3.63) is 29.6 Å². The molecule has 1 aliphatic carbocycles. The molecule has 1 N–H and O–H groups in total. The van der Waals surface area contributed by atoms with Gasteiger partial charge in [-0.15, -0.1) is 0 Å². The molecule has 2 fully saturated rings. The molecule has 3 nitrogen and oxygen atoms in total. The molecule has 1 saturated heterocycles. The van der Waals surface area contributed by atoms with Crippen molar-refractivity contribution < 1.29 is 0 Å². The topological polar surface area (TPSA) is 28.2 Å². The third kappa shape index (κ3) is 3.74. The van der Waals surface area contributed by atoms with Crippen LogP contribution in [0.1, 0.15) is 38.1 Å². The smallest absolute Gasteiger partial charge is 0.0547 e. The molecule has 110 valence electrons. The van der Waals surface area contributed by atoms with Gasteiger partial charge in [-0.25, -0.2) is 0 Å². The fourth-order valence-corrected chi connectivity index (χ4v) is 3.84. The van der Waals surface area contributed by atoms with Gasteiger partial charge in [0.2, 0.25) is 0 Å². The molecule has 2 heterocycles. The third-order valence-electron chi connectivity index (χ3n) is 4.39. The molecule has 0 spiro atoms. The first kappa shape index (κ1) is 14.4. The minimum Gasteiger partial charge on any atom is -0.308 e. The summed E-state index contributed by atoms with van der Waals surface area (Å²) in [5, 5.41) is 4.27. The highest BCUT2D eigenvalue weighted by Crippen LogP contribution is 2.25. The van der Waals surface area contributed by atoms with Gasteiger partial charge in [-0.2, -0.15) is 11.8 Å². The highest BCUT2D eigenvalue weighted by molar-refractivity contribution is 8.00. The first-order chi connectivity index (χ1) is 9.72. The lowest BCUT2D eigenvalue weighted by atomic mass is 10.2. The molecule has 0 radical (unpaired) electrons. The van der Waals surface area contributed by atoms with Crippen molar-refractivity contribution in [2.75, 3.05) is 12.3 Å². The quantitative estimate of drug-likeness (QED) is 0.903. The van der Waals surface area contributed by atoms with E-state index in [0.717, 1.165) is 24.4 Å². The highest BCUT2D eigenvalue weighted by atomic mass is 32.2. The number of pyridine rings is 1. The average molecular weight is 291 g/mol. The predicted octanol–water partition coefficient (Wildman–Crippen LogP) is 2.66. The first-order valence-electron chi connectivity index (χ1n) is 7.76. The summed E-state index contributed by atoms with van der Waals surface area (Å²) < 4.78 is 0. The van der Waals surface area contributed by atoms with Gasteiger partial charge in [-0.05, 0) is 31.9 Å². The zero-order valence-electron chi connectivity index (χ0n) is 12.5. The van der Waals surface area contributed by atoms with E-state index in [0.29, 0.717) is 6.04 Å². The molecule has 0 bridgehead atoms. The number of nitrogens with zero attached hydrogens (tertiary/aromatic N) is 2. The van der Waals surface area contributed by atoms with Gasteiger partial charge in [0.25, 0.3) is 0 Å². The minimum atomic E-state index is 0.642. The summed E-state index contributed by atoms with van der Waals surface area (Å²) in [6.45, 7) is 7.77. The van der Waals surface area contributed by atoms with Gasteiger partial charge >= 0.3 is 0 Å². The second-order valence-corrected chi connectivity index (χ2v) is 7.55. The van der Waals surface area contributed by atoms with Crippen LogP contribution in [-0.4, -0.2) is 39.5 Å².